The highest BCUT2D eigenvalue weighted by atomic mass is 19.1. The number of nitriles is 1. The Hall–Kier alpha value is -2.71. The van der Waals surface area contributed by atoms with Gasteiger partial charge in [0.2, 0.25) is 5.91 Å². The van der Waals surface area contributed by atoms with Crippen molar-refractivity contribution in [3.63, 3.8) is 0 Å². The molecule has 1 amide bonds. The molecule has 5 heteroatoms. The normalized spacial score (nSPS) is 11.8. The Morgan fingerprint density at radius 3 is 2.67 bits per heavy atom. The van der Waals surface area contributed by atoms with Crippen molar-refractivity contribution >= 4 is 11.6 Å². The molecule has 4 nitrogen and oxygen atoms in total. The maximum Gasteiger partial charge on any atom is 0.241 e. The summed E-state index contributed by atoms with van der Waals surface area (Å²) < 4.78 is 12.9. The molecule has 1 atom stereocenters. The predicted molar refractivity (Wildman–Crippen MR) is 92.0 cm³/mol. The Morgan fingerprint density at radius 2 is 2.00 bits per heavy atom. The predicted octanol–water partition coefficient (Wildman–Crippen LogP) is 3.20. The van der Waals surface area contributed by atoms with Gasteiger partial charge in [0.05, 0.1) is 17.7 Å². The zero-order valence-electron chi connectivity index (χ0n) is 13.8. The minimum Gasteiger partial charge on any atom is -0.325 e. The fraction of sp³-hybridized carbons (Fsp3) is 0.263. The van der Waals surface area contributed by atoms with Crippen LogP contribution in [0.5, 0.6) is 0 Å². The number of carbonyl (C=O) groups is 1. The fourth-order valence-corrected chi connectivity index (χ4v) is 2.26. The number of amides is 1. The highest BCUT2D eigenvalue weighted by Gasteiger charge is 2.18. The van der Waals surface area contributed by atoms with Crippen LogP contribution >= 0.6 is 0 Å². The van der Waals surface area contributed by atoms with Gasteiger partial charge in [-0.1, -0.05) is 18.2 Å². The SMILES string of the molecule is CC(C(=O)Nc1cccc(C#N)c1)N(C)CCc1ccc(F)cc1. The van der Waals surface area contributed by atoms with E-state index in [1.165, 1.54) is 12.1 Å². The molecule has 0 radical (unpaired) electrons. The van der Waals surface area contributed by atoms with Gasteiger partial charge in [0, 0.05) is 12.2 Å². The van der Waals surface area contributed by atoms with Crippen molar-refractivity contribution < 1.29 is 9.18 Å². The molecule has 0 heterocycles. The van der Waals surface area contributed by atoms with E-state index in [0.29, 0.717) is 17.8 Å². The second-order valence-corrected chi connectivity index (χ2v) is 5.71. The molecule has 2 aromatic rings. The van der Waals surface area contributed by atoms with Gasteiger partial charge in [0.1, 0.15) is 5.82 Å². The van der Waals surface area contributed by atoms with Gasteiger partial charge in [-0.05, 0) is 56.3 Å². The molecule has 1 unspecified atom stereocenters. The summed E-state index contributed by atoms with van der Waals surface area (Å²) in [6.07, 6.45) is 0.734. The van der Waals surface area contributed by atoms with Gasteiger partial charge < -0.3 is 5.32 Å². The van der Waals surface area contributed by atoms with Crippen LogP contribution in [0.3, 0.4) is 0 Å². The van der Waals surface area contributed by atoms with E-state index >= 15 is 0 Å². The second kappa shape index (κ2) is 8.23. The molecule has 0 aliphatic heterocycles. The molecule has 0 bridgehead atoms. The van der Waals surface area contributed by atoms with E-state index in [1.807, 2.05) is 24.9 Å². The van der Waals surface area contributed by atoms with Crippen LogP contribution in [0.15, 0.2) is 48.5 Å². The summed E-state index contributed by atoms with van der Waals surface area (Å²) in [5, 5.41) is 11.7. The summed E-state index contributed by atoms with van der Waals surface area (Å²) in [6, 6.07) is 14.9. The molecular formula is C19H20FN3O. The van der Waals surface area contributed by atoms with E-state index in [1.54, 1.807) is 36.4 Å². The van der Waals surface area contributed by atoms with Gasteiger partial charge in [-0.3, -0.25) is 9.69 Å². The summed E-state index contributed by atoms with van der Waals surface area (Å²) in [4.78, 5) is 14.3. The van der Waals surface area contributed by atoms with Gasteiger partial charge in [0.15, 0.2) is 0 Å². The lowest BCUT2D eigenvalue weighted by Gasteiger charge is -2.24. The van der Waals surface area contributed by atoms with Gasteiger partial charge >= 0.3 is 0 Å². The van der Waals surface area contributed by atoms with Crippen molar-refractivity contribution in [3.05, 3.63) is 65.5 Å². The first-order valence-electron chi connectivity index (χ1n) is 7.75. The number of benzene rings is 2. The molecular weight excluding hydrogens is 305 g/mol. The highest BCUT2D eigenvalue weighted by molar-refractivity contribution is 5.94. The number of nitrogens with one attached hydrogen (secondary N) is 1. The molecule has 0 aromatic heterocycles. The number of hydrogen-bond acceptors (Lipinski definition) is 3. The Labute approximate surface area is 141 Å². The van der Waals surface area contributed by atoms with Crippen LogP contribution in [0.2, 0.25) is 0 Å². The number of carbonyl (C=O) groups excluding carboxylic acids is 1. The fourth-order valence-electron chi connectivity index (χ4n) is 2.26. The van der Waals surface area contributed by atoms with Gasteiger partial charge in [0.25, 0.3) is 0 Å². The van der Waals surface area contributed by atoms with Crippen LogP contribution in [0.1, 0.15) is 18.1 Å². The Morgan fingerprint density at radius 1 is 1.29 bits per heavy atom. The molecule has 2 aromatic carbocycles. The zero-order valence-corrected chi connectivity index (χ0v) is 13.8. The van der Waals surface area contributed by atoms with Crippen molar-refractivity contribution in [2.75, 3.05) is 18.9 Å². The van der Waals surface area contributed by atoms with Crippen molar-refractivity contribution in [2.45, 2.75) is 19.4 Å². The first kappa shape index (κ1) is 17.6. The van der Waals surface area contributed by atoms with Gasteiger partial charge in [-0.15, -0.1) is 0 Å². The molecule has 2 rings (SSSR count). The molecule has 0 aliphatic rings. The first-order chi connectivity index (χ1) is 11.5. The van der Waals surface area contributed by atoms with Crippen LogP contribution in [-0.2, 0) is 11.2 Å². The minimum absolute atomic E-state index is 0.133. The first-order valence-corrected chi connectivity index (χ1v) is 7.75. The molecule has 24 heavy (non-hydrogen) atoms. The molecule has 1 N–H and O–H groups in total. The van der Waals surface area contributed by atoms with E-state index in [-0.39, 0.29) is 17.8 Å². The van der Waals surface area contributed by atoms with E-state index < -0.39 is 0 Å². The van der Waals surface area contributed by atoms with E-state index in [4.69, 9.17) is 5.26 Å². The van der Waals surface area contributed by atoms with Crippen molar-refractivity contribution in [1.82, 2.24) is 4.90 Å². The number of hydrogen-bond donors (Lipinski definition) is 1. The third-order valence-electron chi connectivity index (χ3n) is 3.97. The van der Waals surface area contributed by atoms with Crippen molar-refractivity contribution in [3.8, 4) is 6.07 Å². The average molecular weight is 325 g/mol. The summed E-state index contributed by atoms with van der Waals surface area (Å²) in [5.41, 5.74) is 2.14. The summed E-state index contributed by atoms with van der Waals surface area (Å²) in [6.45, 7) is 2.51. The third kappa shape index (κ3) is 4.90. The molecule has 0 fully saturated rings. The van der Waals surface area contributed by atoms with Crippen LogP contribution in [0.4, 0.5) is 10.1 Å². The molecule has 0 spiro atoms. The average Bonchev–Trinajstić information content (AvgIpc) is 2.60. The van der Waals surface area contributed by atoms with Crippen LogP contribution < -0.4 is 5.32 Å². The Bertz CT molecular complexity index is 737. The van der Waals surface area contributed by atoms with Crippen molar-refractivity contribution in [2.24, 2.45) is 0 Å². The van der Waals surface area contributed by atoms with Crippen LogP contribution in [0, 0.1) is 17.1 Å². The lowest BCUT2D eigenvalue weighted by atomic mass is 10.1. The highest BCUT2D eigenvalue weighted by Crippen LogP contribution is 2.11. The van der Waals surface area contributed by atoms with Crippen LogP contribution in [0.25, 0.3) is 0 Å². The lowest BCUT2D eigenvalue weighted by molar-refractivity contribution is -0.120. The van der Waals surface area contributed by atoms with E-state index in [9.17, 15) is 9.18 Å². The lowest BCUT2D eigenvalue weighted by Crippen LogP contribution is -2.40. The number of likely N-dealkylation sites (N-methyl/N-ethyl adjacent to an activating group) is 1. The summed E-state index contributed by atoms with van der Waals surface area (Å²) in [7, 11) is 1.87. The zero-order chi connectivity index (χ0) is 17.5. The molecule has 0 saturated heterocycles. The van der Waals surface area contributed by atoms with E-state index in [2.05, 4.69) is 5.32 Å². The maximum atomic E-state index is 12.9. The Kier molecular flexibility index (Phi) is 6.05. The monoisotopic (exact) mass is 325 g/mol. The second-order valence-electron chi connectivity index (χ2n) is 5.71. The smallest absolute Gasteiger partial charge is 0.241 e. The number of rotatable bonds is 6. The summed E-state index contributed by atoms with van der Waals surface area (Å²) >= 11 is 0. The largest absolute Gasteiger partial charge is 0.325 e. The van der Waals surface area contributed by atoms with Crippen LogP contribution in [-0.4, -0.2) is 30.4 Å². The standard InChI is InChI=1S/C19H20FN3O/c1-14(19(24)22-18-5-3-4-16(12-18)13-21)23(2)11-10-15-6-8-17(20)9-7-15/h3-9,12,14H,10-11H2,1-2H3,(H,22,24). The number of anilines is 1. The van der Waals surface area contributed by atoms with Crippen molar-refractivity contribution in [1.29, 1.82) is 5.26 Å². The topological polar surface area (TPSA) is 56.1 Å². The number of nitrogens with zero attached hydrogens (tertiary/aromatic N) is 2. The molecule has 124 valence electrons. The summed E-state index contributed by atoms with van der Waals surface area (Å²) in [5.74, 6) is -0.383. The van der Waals surface area contributed by atoms with E-state index in [0.717, 1.165) is 12.0 Å². The number of halogens is 1. The Balaban J connectivity index is 1.89. The van der Waals surface area contributed by atoms with Gasteiger partial charge in [-0.25, -0.2) is 4.39 Å². The molecule has 0 aliphatic carbocycles. The quantitative estimate of drug-likeness (QED) is 0.887. The maximum absolute atomic E-state index is 12.9. The van der Waals surface area contributed by atoms with Gasteiger partial charge in [-0.2, -0.15) is 5.26 Å². The molecule has 0 saturated carbocycles. The minimum atomic E-state index is -0.323. The third-order valence-corrected chi connectivity index (χ3v) is 3.97.